The predicted octanol–water partition coefficient (Wildman–Crippen LogP) is 2.64. The van der Waals surface area contributed by atoms with Gasteiger partial charge in [0.05, 0.1) is 11.7 Å². The fourth-order valence-electron chi connectivity index (χ4n) is 2.90. The molecule has 1 aromatic rings. The van der Waals surface area contributed by atoms with E-state index in [4.69, 9.17) is 0 Å². The summed E-state index contributed by atoms with van der Waals surface area (Å²) in [5, 5.41) is 3.11. The molecule has 0 atom stereocenters. The summed E-state index contributed by atoms with van der Waals surface area (Å²) in [5.74, 6) is 0.360. The molecule has 1 heterocycles. The van der Waals surface area contributed by atoms with Gasteiger partial charge >= 0.3 is 0 Å². The number of anilines is 1. The Morgan fingerprint density at radius 2 is 2.00 bits per heavy atom. The van der Waals surface area contributed by atoms with Crippen molar-refractivity contribution >= 4 is 21.7 Å². The number of guanidine groups is 1. The van der Waals surface area contributed by atoms with Crippen LogP contribution in [0.4, 0.5) is 5.69 Å². The molecular formula is C15H21N3O2S. The van der Waals surface area contributed by atoms with Crippen molar-refractivity contribution in [2.24, 2.45) is 4.99 Å². The minimum atomic E-state index is -3.52. The molecule has 0 aromatic heterocycles. The van der Waals surface area contributed by atoms with Gasteiger partial charge in [-0.15, -0.1) is 0 Å². The summed E-state index contributed by atoms with van der Waals surface area (Å²) in [5.41, 5.74) is 1.62. The molecule has 0 amide bonds. The fraction of sp³-hybridized carbons (Fsp3) is 0.533. The van der Waals surface area contributed by atoms with Gasteiger partial charge in [-0.05, 0) is 37.0 Å². The molecule has 0 saturated heterocycles. The van der Waals surface area contributed by atoms with Gasteiger partial charge in [0.1, 0.15) is 4.90 Å². The Balaban J connectivity index is 1.91. The minimum Gasteiger partial charge on any atom is -0.324 e. The zero-order chi connectivity index (χ0) is 14.9. The second kappa shape index (κ2) is 5.67. The first kappa shape index (κ1) is 14.4. The van der Waals surface area contributed by atoms with E-state index < -0.39 is 10.0 Å². The lowest BCUT2D eigenvalue weighted by Gasteiger charge is -2.25. The number of benzene rings is 1. The number of aliphatic imine (C=N–C) groups is 1. The average Bonchev–Trinajstić information content (AvgIpc) is 2.47. The van der Waals surface area contributed by atoms with Crippen LogP contribution in [0.2, 0.25) is 0 Å². The van der Waals surface area contributed by atoms with Crippen molar-refractivity contribution in [1.29, 1.82) is 0 Å². The van der Waals surface area contributed by atoms with Crippen molar-refractivity contribution in [3.63, 3.8) is 0 Å². The first-order valence-electron chi connectivity index (χ1n) is 7.59. The Morgan fingerprint density at radius 3 is 2.71 bits per heavy atom. The molecule has 0 spiro atoms. The number of sulfonamides is 1. The third-order valence-electron chi connectivity index (χ3n) is 4.11. The second-order valence-corrected chi connectivity index (χ2v) is 7.33. The van der Waals surface area contributed by atoms with Crippen molar-refractivity contribution in [3.8, 4) is 0 Å². The summed E-state index contributed by atoms with van der Waals surface area (Å²) in [7, 11) is -3.52. The second-order valence-electron chi connectivity index (χ2n) is 5.68. The molecule has 1 aromatic carbocycles. The van der Waals surface area contributed by atoms with E-state index >= 15 is 0 Å². The van der Waals surface area contributed by atoms with Gasteiger partial charge in [0.25, 0.3) is 10.0 Å². The SMILES string of the molecule is CCc1ccc2c(c1)S(=O)(=O)NC(=NC1CCCCC1)N2. The van der Waals surface area contributed by atoms with Crippen molar-refractivity contribution < 1.29 is 8.42 Å². The Kier molecular flexibility index (Phi) is 3.89. The highest BCUT2D eigenvalue weighted by Crippen LogP contribution is 2.27. The van der Waals surface area contributed by atoms with E-state index in [1.807, 2.05) is 19.1 Å². The number of nitrogens with one attached hydrogen (secondary N) is 2. The number of nitrogens with zero attached hydrogens (tertiary/aromatic N) is 1. The number of hydrogen-bond acceptors (Lipinski definition) is 3. The van der Waals surface area contributed by atoms with Gasteiger partial charge in [-0.3, -0.25) is 0 Å². The van der Waals surface area contributed by atoms with Gasteiger partial charge in [-0.1, -0.05) is 32.3 Å². The first-order valence-corrected chi connectivity index (χ1v) is 9.07. The molecular weight excluding hydrogens is 286 g/mol. The van der Waals surface area contributed by atoms with E-state index in [-0.39, 0.29) is 6.04 Å². The van der Waals surface area contributed by atoms with Gasteiger partial charge in [0.2, 0.25) is 5.96 Å². The van der Waals surface area contributed by atoms with E-state index in [0.717, 1.165) is 24.8 Å². The molecule has 0 bridgehead atoms. The lowest BCUT2D eigenvalue weighted by atomic mass is 9.96. The van der Waals surface area contributed by atoms with E-state index in [2.05, 4.69) is 15.0 Å². The summed E-state index contributed by atoms with van der Waals surface area (Å²) in [6.45, 7) is 2.01. The summed E-state index contributed by atoms with van der Waals surface area (Å²) < 4.78 is 27.3. The lowest BCUT2D eigenvalue weighted by molar-refractivity contribution is 0.443. The molecule has 5 nitrogen and oxygen atoms in total. The summed E-state index contributed by atoms with van der Waals surface area (Å²) >= 11 is 0. The highest BCUT2D eigenvalue weighted by atomic mass is 32.2. The van der Waals surface area contributed by atoms with Gasteiger partial charge in [-0.2, -0.15) is 0 Å². The highest BCUT2D eigenvalue weighted by molar-refractivity contribution is 7.90. The Hall–Kier alpha value is -1.56. The van der Waals surface area contributed by atoms with Crippen LogP contribution in [0, 0.1) is 0 Å². The Bertz CT molecular complexity index is 661. The van der Waals surface area contributed by atoms with Gasteiger partial charge in [-0.25, -0.2) is 18.1 Å². The van der Waals surface area contributed by atoms with Crippen LogP contribution >= 0.6 is 0 Å². The standard InChI is InChI=1S/C15H21N3O2S/c1-2-11-8-9-13-14(10-11)21(19,20)18-15(17-13)16-12-6-4-3-5-7-12/h8-10,12H,2-7H2,1H3,(H2,16,17,18). The molecule has 0 unspecified atom stereocenters. The largest absolute Gasteiger partial charge is 0.324 e. The van der Waals surface area contributed by atoms with Crippen LogP contribution in [0.3, 0.4) is 0 Å². The molecule has 3 rings (SSSR count). The molecule has 114 valence electrons. The van der Waals surface area contributed by atoms with Crippen LogP contribution in [0.15, 0.2) is 28.1 Å². The minimum absolute atomic E-state index is 0.223. The van der Waals surface area contributed by atoms with Crippen molar-refractivity contribution in [2.45, 2.75) is 56.4 Å². The third-order valence-corrected chi connectivity index (χ3v) is 5.49. The number of fused-ring (bicyclic) bond motifs is 1. The smallest absolute Gasteiger partial charge is 0.266 e. The molecule has 6 heteroatoms. The average molecular weight is 307 g/mol. The Labute approximate surface area is 125 Å². The third kappa shape index (κ3) is 3.05. The van der Waals surface area contributed by atoms with Gasteiger partial charge < -0.3 is 5.32 Å². The zero-order valence-electron chi connectivity index (χ0n) is 12.2. The zero-order valence-corrected chi connectivity index (χ0v) is 13.0. The normalized spacial score (nSPS) is 23.2. The molecule has 2 aliphatic rings. The van der Waals surface area contributed by atoms with Crippen LogP contribution in [-0.2, 0) is 16.4 Å². The molecule has 1 fully saturated rings. The highest BCUT2D eigenvalue weighted by Gasteiger charge is 2.27. The van der Waals surface area contributed by atoms with Gasteiger partial charge in [0.15, 0.2) is 0 Å². The first-order chi connectivity index (χ1) is 10.1. The summed E-state index contributed by atoms with van der Waals surface area (Å²) in [6, 6.07) is 5.72. The van der Waals surface area contributed by atoms with Crippen LogP contribution in [-0.4, -0.2) is 20.4 Å². The van der Waals surface area contributed by atoms with Crippen molar-refractivity contribution in [2.75, 3.05) is 5.32 Å². The molecule has 1 aliphatic carbocycles. The van der Waals surface area contributed by atoms with Gasteiger partial charge in [0, 0.05) is 0 Å². The van der Waals surface area contributed by atoms with Crippen LogP contribution < -0.4 is 10.0 Å². The maximum Gasteiger partial charge on any atom is 0.266 e. The van der Waals surface area contributed by atoms with Crippen LogP contribution in [0.25, 0.3) is 0 Å². The van der Waals surface area contributed by atoms with E-state index in [0.29, 0.717) is 16.5 Å². The lowest BCUT2D eigenvalue weighted by Crippen LogP contribution is -2.41. The van der Waals surface area contributed by atoms with E-state index in [1.54, 1.807) is 6.07 Å². The maximum absolute atomic E-state index is 12.4. The van der Waals surface area contributed by atoms with E-state index in [9.17, 15) is 8.42 Å². The number of aryl methyl sites for hydroxylation is 1. The van der Waals surface area contributed by atoms with Crippen molar-refractivity contribution in [1.82, 2.24) is 4.72 Å². The topological polar surface area (TPSA) is 70.6 Å². The summed E-state index contributed by atoms with van der Waals surface area (Å²) in [6.07, 6.45) is 6.48. The summed E-state index contributed by atoms with van der Waals surface area (Å²) in [4.78, 5) is 4.86. The molecule has 2 N–H and O–H groups in total. The van der Waals surface area contributed by atoms with E-state index in [1.165, 1.54) is 19.3 Å². The van der Waals surface area contributed by atoms with Crippen LogP contribution in [0.1, 0.15) is 44.6 Å². The molecule has 1 saturated carbocycles. The number of rotatable bonds is 2. The fourth-order valence-corrected chi connectivity index (χ4v) is 4.08. The molecule has 0 radical (unpaired) electrons. The van der Waals surface area contributed by atoms with Crippen molar-refractivity contribution in [3.05, 3.63) is 23.8 Å². The Morgan fingerprint density at radius 1 is 1.24 bits per heavy atom. The monoisotopic (exact) mass is 307 g/mol. The molecule has 1 aliphatic heterocycles. The quantitative estimate of drug-likeness (QED) is 0.882. The van der Waals surface area contributed by atoms with Crippen LogP contribution in [0.5, 0.6) is 0 Å². The number of hydrogen-bond donors (Lipinski definition) is 2. The molecule has 21 heavy (non-hydrogen) atoms. The predicted molar refractivity (Wildman–Crippen MR) is 84.1 cm³/mol. The maximum atomic E-state index is 12.4.